The molecular formula is C22H19Cl2N3. The van der Waals surface area contributed by atoms with Crippen molar-refractivity contribution in [2.75, 3.05) is 18.0 Å². The Kier molecular flexibility index (Phi) is 4.30. The van der Waals surface area contributed by atoms with Gasteiger partial charge in [-0.1, -0.05) is 47.5 Å². The van der Waals surface area contributed by atoms with Gasteiger partial charge in [-0.05, 0) is 49.4 Å². The Labute approximate surface area is 169 Å². The van der Waals surface area contributed by atoms with E-state index in [4.69, 9.17) is 33.2 Å². The maximum absolute atomic E-state index is 6.56. The molecule has 0 bridgehead atoms. The molecule has 2 heterocycles. The summed E-state index contributed by atoms with van der Waals surface area (Å²) in [4.78, 5) is 12.3. The first-order chi connectivity index (χ1) is 13.2. The summed E-state index contributed by atoms with van der Waals surface area (Å²) >= 11 is 12.7. The lowest BCUT2D eigenvalue weighted by Crippen LogP contribution is -2.22. The molecule has 2 aliphatic rings. The van der Waals surface area contributed by atoms with E-state index in [1.807, 2.05) is 12.1 Å². The minimum atomic E-state index is 0.634. The number of aryl methyl sites for hydroxylation is 1. The fourth-order valence-corrected chi connectivity index (χ4v) is 4.62. The van der Waals surface area contributed by atoms with Crippen LogP contribution in [0, 0.1) is 0 Å². The van der Waals surface area contributed by atoms with E-state index in [0.29, 0.717) is 10.0 Å². The van der Waals surface area contributed by atoms with Gasteiger partial charge in [0.1, 0.15) is 0 Å². The first-order valence-corrected chi connectivity index (χ1v) is 10.2. The van der Waals surface area contributed by atoms with Gasteiger partial charge in [0.15, 0.2) is 0 Å². The number of fused-ring (bicyclic) bond motifs is 3. The largest absolute Gasteiger partial charge is 0.341 e. The summed E-state index contributed by atoms with van der Waals surface area (Å²) in [5.74, 6) is 0.809. The lowest BCUT2D eigenvalue weighted by Gasteiger charge is -2.25. The number of anilines is 1. The molecule has 0 atom stereocenters. The normalized spacial score (nSPS) is 15.6. The van der Waals surface area contributed by atoms with Crippen molar-refractivity contribution in [1.29, 1.82) is 0 Å². The zero-order valence-electron chi connectivity index (χ0n) is 14.9. The van der Waals surface area contributed by atoms with Crippen molar-refractivity contribution in [1.82, 2.24) is 9.97 Å². The number of nitrogens with zero attached hydrogens (tertiary/aromatic N) is 3. The maximum Gasteiger partial charge on any atom is 0.226 e. The van der Waals surface area contributed by atoms with Crippen molar-refractivity contribution < 1.29 is 0 Å². The van der Waals surface area contributed by atoms with Crippen LogP contribution in [0.1, 0.15) is 24.0 Å². The molecule has 1 aromatic heterocycles. The fraction of sp³-hybridized carbons (Fsp3) is 0.273. The summed E-state index contributed by atoms with van der Waals surface area (Å²) in [5.41, 5.74) is 6.67. The van der Waals surface area contributed by atoms with Crippen LogP contribution in [0.25, 0.3) is 22.5 Å². The standard InChI is InChI=1S/C22H19Cl2N3/c23-15-8-10-17(19(24)13-15)21-18-9-7-14-5-1-2-6-16(14)20(18)25-22(26-21)27-11-3-4-12-27/h1-2,5-6,8,10,13H,3-4,7,9,11-12H2. The quantitative estimate of drug-likeness (QED) is 0.547. The van der Waals surface area contributed by atoms with Crippen LogP contribution in [0.3, 0.4) is 0 Å². The van der Waals surface area contributed by atoms with Crippen LogP contribution >= 0.6 is 23.2 Å². The highest BCUT2D eigenvalue weighted by atomic mass is 35.5. The number of hydrogen-bond acceptors (Lipinski definition) is 3. The minimum absolute atomic E-state index is 0.634. The Morgan fingerprint density at radius 1 is 0.815 bits per heavy atom. The van der Waals surface area contributed by atoms with Crippen molar-refractivity contribution in [3.63, 3.8) is 0 Å². The summed E-state index contributed by atoms with van der Waals surface area (Å²) in [6.45, 7) is 2.02. The van der Waals surface area contributed by atoms with Gasteiger partial charge in [0, 0.05) is 34.8 Å². The van der Waals surface area contributed by atoms with Crippen molar-refractivity contribution in [3.05, 3.63) is 63.6 Å². The second-order valence-corrected chi connectivity index (χ2v) is 8.02. The van der Waals surface area contributed by atoms with Crippen LogP contribution in [-0.4, -0.2) is 23.1 Å². The summed E-state index contributed by atoms with van der Waals surface area (Å²) in [5, 5.41) is 1.27. The molecule has 0 radical (unpaired) electrons. The molecule has 3 aromatic rings. The molecule has 0 spiro atoms. The van der Waals surface area contributed by atoms with Gasteiger partial charge in [0.05, 0.1) is 16.4 Å². The van der Waals surface area contributed by atoms with Gasteiger partial charge in [-0.3, -0.25) is 0 Å². The number of halogens is 2. The van der Waals surface area contributed by atoms with E-state index in [1.54, 1.807) is 6.07 Å². The highest BCUT2D eigenvalue weighted by Gasteiger charge is 2.26. The molecule has 1 saturated heterocycles. The summed E-state index contributed by atoms with van der Waals surface area (Å²) < 4.78 is 0. The molecule has 5 rings (SSSR count). The summed E-state index contributed by atoms with van der Waals surface area (Å²) in [7, 11) is 0. The number of benzene rings is 2. The van der Waals surface area contributed by atoms with Crippen molar-refractivity contribution in [2.45, 2.75) is 25.7 Å². The maximum atomic E-state index is 6.56. The second-order valence-electron chi connectivity index (χ2n) is 7.17. The zero-order valence-corrected chi connectivity index (χ0v) is 16.4. The zero-order chi connectivity index (χ0) is 18.4. The predicted octanol–water partition coefficient (Wildman–Crippen LogP) is 5.82. The molecule has 1 fully saturated rings. The molecule has 1 aliphatic carbocycles. The van der Waals surface area contributed by atoms with E-state index in [1.165, 1.54) is 29.5 Å². The Bertz CT molecular complexity index is 1030. The van der Waals surface area contributed by atoms with Crippen LogP contribution in [0.5, 0.6) is 0 Å². The third kappa shape index (κ3) is 2.99. The smallest absolute Gasteiger partial charge is 0.226 e. The SMILES string of the molecule is Clc1ccc(-c2nc(N3CCCC3)nc3c2CCc2ccccc2-3)c(Cl)c1. The molecule has 2 aromatic carbocycles. The van der Waals surface area contributed by atoms with E-state index in [-0.39, 0.29) is 0 Å². The Balaban J connectivity index is 1.76. The molecule has 5 heteroatoms. The molecule has 1 aliphatic heterocycles. The van der Waals surface area contributed by atoms with E-state index in [2.05, 4.69) is 29.2 Å². The minimum Gasteiger partial charge on any atom is -0.341 e. The van der Waals surface area contributed by atoms with Crippen LogP contribution in [0.2, 0.25) is 10.0 Å². The van der Waals surface area contributed by atoms with Gasteiger partial charge >= 0.3 is 0 Å². The van der Waals surface area contributed by atoms with Crippen LogP contribution in [-0.2, 0) is 12.8 Å². The predicted molar refractivity (Wildman–Crippen MR) is 112 cm³/mol. The molecule has 27 heavy (non-hydrogen) atoms. The Hall–Kier alpha value is -2.10. The molecule has 0 amide bonds. The van der Waals surface area contributed by atoms with Crippen molar-refractivity contribution >= 4 is 29.2 Å². The van der Waals surface area contributed by atoms with Crippen LogP contribution in [0.4, 0.5) is 5.95 Å². The number of rotatable bonds is 2. The Morgan fingerprint density at radius 3 is 2.33 bits per heavy atom. The fourth-order valence-electron chi connectivity index (χ4n) is 4.12. The Morgan fingerprint density at radius 2 is 1.56 bits per heavy atom. The molecular weight excluding hydrogens is 377 g/mol. The van der Waals surface area contributed by atoms with E-state index in [0.717, 1.165) is 48.8 Å². The van der Waals surface area contributed by atoms with Gasteiger partial charge in [-0.2, -0.15) is 0 Å². The molecule has 0 unspecified atom stereocenters. The van der Waals surface area contributed by atoms with Gasteiger partial charge in [0.2, 0.25) is 5.95 Å². The van der Waals surface area contributed by atoms with E-state index >= 15 is 0 Å². The van der Waals surface area contributed by atoms with Gasteiger partial charge in [-0.15, -0.1) is 0 Å². The number of hydrogen-bond donors (Lipinski definition) is 0. The van der Waals surface area contributed by atoms with E-state index in [9.17, 15) is 0 Å². The topological polar surface area (TPSA) is 29.0 Å². The first kappa shape index (κ1) is 17.0. The lowest BCUT2D eigenvalue weighted by atomic mass is 9.87. The molecule has 136 valence electrons. The van der Waals surface area contributed by atoms with Gasteiger partial charge in [0.25, 0.3) is 0 Å². The molecule has 0 saturated carbocycles. The van der Waals surface area contributed by atoms with E-state index < -0.39 is 0 Å². The summed E-state index contributed by atoms with van der Waals surface area (Å²) in [6, 6.07) is 14.2. The highest BCUT2D eigenvalue weighted by molar-refractivity contribution is 6.36. The van der Waals surface area contributed by atoms with Crippen LogP contribution < -0.4 is 4.90 Å². The highest BCUT2D eigenvalue weighted by Crippen LogP contribution is 2.40. The molecule has 3 nitrogen and oxygen atoms in total. The number of aromatic nitrogens is 2. The van der Waals surface area contributed by atoms with Crippen molar-refractivity contribution in [3.8, 4) is 22.5 Å². The van der Waals surface area contributed by atoms with Gasteiger partial charge < -0.3 is 4.90 Å². The second kappa shape index (κ2) is 6.81. The van der Waals surface area contributed by atoms with Gasteiger partial charge in [-0.25, -0.2) is 9.97 Å². The lowest BCUT2D eigenvalue weighted by molar-refractivity contribution is 0.869. The third-order valence-electron chi connectivity index (χ3n) is 5.49. The average molecular weight is 396 g/mol. The molecule has 0 N–H and O–H groups in total. The van der Waals surface area contributed by atoms with Crippen molar-refractivity contribution in [2.24, 2.45) is 0 Å². The van der Waals surface area contributed by atoms with Crippen LogP contribution in [0.15, 0.2) is 42.5 Å². The first-order valence-electron chi connectivity index (χ1n) is 9.40. The average Bonchev–Trinajstić information content (AvgIpc) is 3.22. The monoisotopic (exact) mass is 395 g/mol. The third-order valence-corrected chi connectivity index (χ3v) is 6.04. The summed E-state index contributed by atoms with van der Waals surface area (Å²) in [6.07, 6.45) is 4.29.